The molecule has 2 nitrogen and oxygen atoms in total. The number of rotatable bonds is 3. The Morgan fingerprint density at radius 3 is 2.47 bits per heavy atom. The van der Waals surface area contributed by atoms with Gasteiger partial charge in [0.2, 0.25) is 0 Å². The predicted molar refractivity (Wildman–Crippen MR) is 76.5 cm³/mol. The molecule has 1 aliphatic rings. The van der Waals surface area contributed by atoms with E-state index in [1.807, 2.05) is 42.5 Å². The molecule has 0 spiro atoms. The van der Waals surface area contributed by atoms with Gasteiger partial charge in [0.15, 0.2) is 5.78 Å². The predicted octanol–water partition coefficient (Wildman–Crippen LogP) is 3.98. The maximum Gasteiger partial charge on any atom is 0.195 e. The van der Waals surface area contributed by atoms with Gasteiger partial charge < -0.3 is 4.74 Å². The summed E-state index contributed by atoms with van der Waals surface area (Å²) >= 11 is 0. The van der Waals surface area contributed by atoms with Gasteiger partial charge in [0.1, 0.15) is 5.60 Å². The first-order chi connectivity index (χ1) is 9.27. The van der Waals surface area contributed by atoms with Crippen molar-refractivity contribution in [1.29, 1.82) is 0 Å². The molecule has 0 radical (unpaired) electrons. The van der Waals surface area contributed by atoms with Crippen LogP contribution in [0, 0.1) is 0 Å². The van der Waals surface area contributed by atoms with E-state index in [1.165, 1.54) is 0 Å². The van der Waals surface area contributed by atoms with Gasteiger partial charge in [-0.05, 0) is 36.5 Å². The second kappa shape index (κ2) is 4.78. The van der Waals surface area contributed by atoms with Gasteiger partial charge in [-0.1, -0.05) is 42.5 Å². The molecule has 0 unspecified atom stereocenters. The van der Waals surface area contributed by atoms with Crippen LogP contribution in [0.2, 0.25) is 0 Å². The maximum atomic E-state index is 12.9. The Balaban J connectivity index is 2.11. The van der Waals surface area contributed by atoms with E-state index in [9.17, 15) is 4.79 Å². The van der Waals surface area contributed by atoms with Crippen LogP contribution in [-0.2, 0) is 4.74 Å². The molecule has 2 aromatic carbocycles. The second-order valence-corrected chi connectivity index (χ2v) is 5.26. The molecule has 1 aliphatic carbocycles. The van der Waals surface area contributed by atoms with Crippen molar-refractivity contribution in [3.8, 4) is 0 Å². The fourth-order valence-electron chi connectivity index (χ4n) is 3.14. The smallest absolute Gasteiger partial charge is 0.195 e. The van der Waals surface area contributed by atoms with Gasteiger partial charge in [-0.3, -0.25) is 4.79 Å². The van der Waals surface area contributed by atoms with Crippen LogP contribution in [0.3, 0.4) is 0 Å². The average Bonchev–Trinajstić information content (AvgIpc) is 2.96. The van der Waals surface area contributed by atoms with Crippen molar-refractivity contribution in [3.63, 3.8) is 0 Å². The monoisotopic (exact) mass is 254 g/mol. The number of ether oxygens (including phenoxy) is 1. The molecule has 0 bridgehead atoms. The highest BCUT2D eigenvalue weighted by Crippen LogP contribution is 2.37. The molecule has 1 saturated carbocycles. The topological polar surface area (TPSA) is 26.3 Å². The molecular weight excluding hydrogens is 236 g/mol. The highest BCUT2D eigenvalue weighted by Gasteiger charge is 2.41. The zero-order valence-electron chi connectivity index (χ0n) is 11.2. The van der Waals surface area contributed by atoms with Gasteiger partial charge >= 0.3 is 0 Å². The van der Waals surface area contributed by atoms with Gasteiger partial charge in [0.25, 0.3) is 0 Å². The van der Waals surface area contributed by atoms with Crippen molar-refractivity contribution < 1.29 is 9.53 Å². The number of fused-ring (bicyclic) bond motifs is 1. The Morgan fingerprint density at radius 2 is 1.74 bits per heavy atom. The summed E-state index contributed by atoms with van der Waals surface area (Å²) in [5.41, 5.74) is 0.200. The molecular formula is C17H18O2. The minimum absolute atomic E-state index is 0.143. The standard InChI is InChI=1S/C17H18O2/c1-19-17(11-4-5-12-17)16(18)15-10-6-8-13-7-2-3-9-14(13)15/h2-3,6-10H,4-5,11-12H2,1H3. The molecule has 19 heavy (non-hydrogen) atoms. The molecule has 0 aromatic heterocycles. The molecule has 3 rings (SSSR count). The summed E-state index contributed by atoms with van der Waals surface area (Å²) in [7, 11) is 1.66. The fourth-order valence-corrected chi connectivity index (χ4v) is 3.14. The summed E-state index contributed by atoms with van der Waals surface area (Å²) in [4.78, 5) is 12.9. The lowest BCUT2D eigenvalue weighted by Gasteiger charge is -2.26. The van der Waals surface area contributed by atoms with Crippen LogP contribution in [0.1, 0.15) is 36.0 Å². The highest BCUT2D eigenvalue weighted by molar-refractivity contribution is 6.12. The van der Waals surface area contributed by atoms with Gasteiger partial charge in [0.05, 0.1) is 0 Å². The zero-order valence-corrected chi connectivity index (χ0v) is 11.2. The number of ketones is 1. The van der Waals surface area contributed by atoms with Crippen LogP contribution in [-0.4, -0.2) is 18.5 Å². The van der Waals surface area contributed by atoms with Crippen molar-refractivity contribution in [3.05, 3.63) is 48.0 Å². The lowest BCUT2D eigenvalue weighted by Crippen LogP contribution is -2.37. The minimum Gasteiger partial charge on any atom is -0.370 e. The van der Waals surface area contributed by atoms with E-state index in [4.69, 9.17) is 4.74 Å². The molecule has 2 heteroatoms. The third kappa shape index (κ3) is 1.96. The first-order valence-electron chi connectivity index (χ1n) is 6.84. The quantitative estimate of drug-likeness (QED) is 0.774. The van der Waals surface area contributed by atoms with Crippen molar-refractivity contribution in [1.82, 2.24) is 0 Å². The van der Waals surface area contributed by atoms with E-state index in [-0.39, 0.29) is 5.78 Å². The number of benzene rings is 2. The lowest BCUT2D eigenvalue weighted by molar-refractivity contribution is 0.00617. The number of carbonyl (C=O) groups excluding carboxylic acids is 1. The first kappa shape index (κ1) is 12.4. The average molecular weight is 254 g/mol. The van der Waals surface area contributed by atoms with Crippen LogP contribution in [0.4, 0.5) is 0 Å². The van der Waals surface area contributed by atoms with E-state index in [0.29, 0.717) is 0 Å². The van der Waals surface area contributed by atoms with E-state index >= 15 is 0 Å². The van der Waals surface area contributed by atoms with Crippen LogP contribution in [0.15, 0.2) is 42.5 Å². The summed E-state index contributed by atoms with van der Waals surface area (Å²) in [6.45, 7) is 0. The van der Waals surface area contributed by atoms with Gasteiger partial charge in [-0.25, -0.2) is 0 Å². The molecule has 2 aromatic rings. The van der Waals surface area contributed by atoms with Crippen LogP contribution in [0.5, 0.6) is 0 Å². The number of hydrogen-bond donors (Lipinski definition) is 0. The Labute approximate surface area is 113 Å². The summed E-state index contributed by atoms with van der Waals surface area (Å²) < 4.78 is 5.61. The second-order valence-electron chi connectivity index (χ2n) is 5.26. The van der Waals surface area contributed by atoms with Crippen LogP contribution >= 0.6 is 0 Å². The third-order valence-corrected chi connectivity index (χ3v) is 4.25. The Hall–Kier alpha value is -1.67. The van der Waals surface area contributed by atoms with E-state index in [2.05, 4.69) is 0 Å². The normalized spacial score (nSPS) is 17.7. The molecule has 1 fully saturated rings. The molecule has 0 heterocycles. The molecule has 0 aliphatic heterocycles. The number of carbonyl (C=O) groups is 1. The largest absolute Gasteiger partial charge is 0.370 e. The van der Waals surface area contributed by atoms with Gasteiger partial charge in [-0.15, -0.1) is 0 Å². The van der Waals surface area contributed by atoms with Gasteiger partial charge in [0, 0.05) is 12.7 Å². The minimum atomic E-state index is -0.593. The summed E-state index contributed by atoms with van der Waals surface area (Å²) in [6.07, 6.45) is 3.83. The van der Waals surface area contributed by atoms with Crippen LogP contribution < -0.4 is 0 Å². The van der Waals surface area contributed by atoms with Crippen molar-refractivity contribution >= 4 is 16.6 Å². The molecule has 0 atom stereocenters. The van der Waals surface area contributed by atoms with Crippen molar-refractivity contribution in [2.75, 3.05) is 7.11 Å². The lowest BCUT2D eigenvalue weighted by atomic mass is 9.88. The Morgan fingerprint density at radius 1 is 1.05 bits per heavy atom. The third-order valence-electron chi connectivity index (χ3n) is 4.25. The molecule has 0 saturated heterocycles. The SMILES string of the molecule is COC1(C(=O)c2cccc3ccccc23)CCCC1. The van der Waals surface area contributed by atoms with Crippen LogP contribution in [0.25, 0.3) is 10.8 Å². The molecule has 98 valence electrons. The number of methoxy groups -OCH3 is 1. The molecule has 0 amide bonds. The van der Waals surface area contributed by atoms with E-state index in [0.717, 1.165) is 42.0 Å². The van der Waals surface area contributed by atoms with Crippen molar-refractivity contribution in [2.24, 2.45) is 0 Å². The Bertz CT molecular complexity index is 604. The zero-order chi connectivity index (χ0) is 13.3. The fraction of sp³-hybridized carbons (Fsp3) is 0.353. The van der Waals surface area contributed by atoms with Crippen molar-refractivity contribution in [2.45, 2.75) is 31.3 Å². The summed E-state index contributed by atoms with van der Waals surface area (Å²) in [5, 5.41) is 2.14. The highest BCUT2D eigenvalue weighted by atomic mass is 16.5. The van der Waals surface area contributed by atoms with E-state index in [1.54, 1.807) is 7.11 Å². The Kier molecular flexibility index (Phi) is 3.11. The first-order valence-corrected chi connectivity index (χ1v) is 6.84. The molecule has 0 N–H and O–H groups in total. The summed E-state index contributed by atoms with van der Waals surface area (Å²) in [5.74, 6) is 0.143. The van der Waals surface area contributed by atoms with E-state index < -0.39 is 5.60 Å². The number of Topliss-reactive ketones (excluding diaryl/α,β-unsaturated/α-hetero) is 1. The summed E-state index contributed by atoms with van der Waals surface area (Å²) in [6, 6.07) is 13.9. The van der Waals surface area contributed by atoms with Gasteiger partial charge in [-0.2, -0.15) is 0 Å². The number of hydrogen-bond acceptors (Lipinski definition) is 2. The maximum absolute atomic E-state index is 12.9.